The van der Waals surface area contributed by atoms with E-state index in [1.807, 2.05) is 5.32 Å². The van der Waals surface area contributed by atoms with Crippen LogP contribution in [-0.4, -0.2) is 61.5 Å². The molecule has 0 radical (unpaired) electrons. The monoisotopic (exact) mass is 277 g/mol. The summed E-state index contributed by atoms with van der Waals surface area (Å²) in [5.41, 5.74) is 0. The Hall–Kier alpha value is -1.34. The number of morpholine rings is 1. The van der Waals surface area contributed by atoms with Crippen molar-refractivity contribution in [1.29, 1.82) is 0 Å². The maximum absolute atomic E-state index is 11.7. The molecular weight excluding hydrogens is 262 g/mol. The number of rotatable bonds is 4. The van der Waals surface area contributed by atoms with Crippen molar-refractivity contribution >= 4 is 29.4 Å². The Morgan fingerprint density at radius 1 is 1.22 bits per heavy atom. The van der Waals surface area contributed by atoms with E-state index in [1.165, 1.54) is 0 Å². The number of amides is 4. The zero-order valence-corrected chi connectivity index (χ0v) is 10.7. The van der Waals surface area contributed by atoms with E-state index in [1.54, 1.807) is 4.90 Å². The molecule has 1 saturated heterocycles. The predicted molar refractivity (Wildman–Crippen MR) is 64.3 cm³/mol. The molecule has 7 nitrogen and oxygen atoms in total. The lowest BCUT2D eigenvalue weighted by atomic mass is 10.3. The van der Waals surface area contributed by atoms with E-state index in [2.05, 4.69) is 5.32 Å². The number of nitrogens with zero attached hydrogens (tertiary/aromatic N) is 1. The highest BCUT2D eigenvalue weighted by atomic mass is 35.5. The molecule has 1 aliphatic rings. The Kier molecular flexibility index (Phi) is 6.45. The molecule has 0 aliphatic carbocycles. The van der Waals surface area contributed by atoms with Gasteiger partial charge in [0.2, 0.25) is 11.8 Å². The second-order valence-corrected chi connectivity index (χ2v) is 3.95. The first kappa shape index (κ1) is 14.7. The summed E-state index contributed by atoms with van der Waals surface area (Å²) in [4.78, 5) is 35.3. The van der Waals surface area contributed by atoms with E-state index in [0.717, 1.165) is 0 Å². The van der Waals surface area contributed by atoms with Gasteiger partial charge in [-0.05, 0) is 0 Å². The number of hydrogen-bond donors (Lipinski definition) is 2. The van der Waals surface area contributed by atoms with Crippen molar-refractivity contribution in [1.82, 2.24) is 15.5 Å². The SMILES string of the molecule is O=C(CCl)NC(=O)NCCC(=O)N1CCOCC1. The van der Waals surface area contributed by atoms with E-state index in [-0.39, 0.29) is 24.8 Å². The number of halogens is 1. The van der Waals surface area contributed by atoms with E-state index in [4.69, 9.17) is 16.3 Å². The molecule has 1 fully saturated rings. The van der Waals surface area contributed by atoms with Crippen molar-refractivity contribution < 1.29 is 19.1 Å². The van der Waals surface area contributed by atoms with Gasteiger partial charge in [0.15, 0.2) is 0 Å². The van der Waals surface area contributed by atoms with Gasteiger partial charge in [0.25, 0.3) is 0 Å². The zero-order chi connectivity index (χ0) is 13.4. The summed E-state index contributed by atoms with van der Waals surface area (Å²) in [6.07, 6.45) is 0.197. The molecule has 0 bridgehead atoms. The van der Waals surface area contributed by atoms with E-state index in [9.17, 15) is 14.4 Å². The number of imide groups is 1. The molecular formula is C10H16ClN3O4. The van der Waals surface area contributed by atoms with Gasteiger partial charge in [-0.25, -0.2) is 4.79 Å². The third kappa shape index (κ3) is 5.33. The Balaban J connectivity index is 2.14. The van der Waals surface area contributed by atoms with Gasteiger partial charge in [-0.1, -0.05) is 0 Å². The summed E-state index contributed by atoms with van der Waals surface area (Å²) < 4.78 is 5.13. The van der Waals surface area contributed by atoms with Crippen molar-refractivity contribution in [2.45, 2.75) is 6.42 Å². The number of ether oxygens (including phenoxy) is 1. The summed E-state index contributed by atoms with van der Waals surface area (Å²) >= 11 is 5.22. The van der Waals surface area contributed by atoms with Gasteiger partial charge >= 0.3 is 6.03 Å². The molecule has 4 amide bonds. The highest BCUT2D eigenvalue weighted by molar-refractivity contribution is 6.28. The minimum Gasteiger partial charge on any atom is -0.378 e. The normalized spacial score (nSPS) is 15.1. The first-order chi connectivity index (χ1) is 8.63. The number of carbonyl (C=O) groups is 3. The molecule has 8 heteroatoms. The molecule has 102 valence electrons. The second kappa shape index (κ2) is 7.88. The summed E-state index contributed by atoms with van der Waals surface area (Å²) in [6.45, 7) is 2.43. The fourth-order valence-corrected chi connectivity index (χ4v) is 1.52. The molecule has 0 atom stereocenters. The number of nitrogens with one attached hydrogen (secondary N) is 2. The largest absolute Gasteiger partial charge is 0.378 e. The minimum absolute atomic E-state index is 0.0396. The van der Waals surface area contributed by atoms with Crippen LogP contribution >= 0.6 is 11.6 Å². The summed E-state index contributed by atoms with van der Waals surface area (Å²) in [5.74, 6) is -0.893. The molecule has 0 aromatic rings. The fourth-order valence-electron chi connectivity index (χ4n) is 1.46. The fraction of sp³-hybridized carbons (Fsp3) is 0.700. The van der Waals surface area contributed by atoms with Crippen molar-refractivity contribution in [2.75, 3.05) is 38.7 Å². The first-order valence-corrected chi connectivity index (χ1v) is 6.16. The Morgan fingerprint density at radius 3 is 2.50 bits per heavy atom. The van der Waals surface area contributed by atoms with Gasteiger partial charge < -0.3 is 15.0 Å². The van der Waals surface area contributed by atoms with Gasteiger partial charge in [0.05, 0.1) is 13.2 Å². The van der Waals surface area contributed by atoms with Crippen molar-refractivity contribution in [3.05, 3.63) is 0 Å². The standard InChI is InChI=1S/C10H16ClN3O4/c11-7-8(15)13-10(17)12-2-1-9(16)14-3-5-18-6-4-14/h1-7H2,(H2,12,13,15,17). The second-order valence-electron chi connectivity index (χ2n) is 3.68. The van der Waals surface area contributed by atoms with Gasteiger partial charge in [0, 0.05) is 26.1 Å². The molecule has 18 heavy (non-hydrogen) atoms. The quantitative estimate of drug-likeness (QED) is 0.665. The Bertz CT molecular complexity index is 318. The molecule has 1 rings (SSSR count). The Labute approximate surface area is 110 Å². The summed E-state index contributed by atoms with van der Waals surface area (Å²) in [6, 6.07) is -0.643. The summed E-state index contributed by atoms with van der Waals surface area (Å²) in [7, 11) is 0. The number of hydrogen-bond acceptors (Lipinski definition) is 4. The van der Waals surface area contributed by atoms with Crippen molar-refractivity contribution in [3.63, 3.8) is 0 Å². The molecule has 2 N–H and O–H groups in total. The third-order valence-corrected chi connectivity index (χ3v) is 2.61. The van der Waals surface area contributed by atoms with Crippen LogP contribution in [0.1, 0.15) is 6.42 Å². The van der Waals surface area contributed by atoms with Crippen LogP contribution in [0.2, 0.25) is 0 Å². The minimum atomic E-state index is -0.643. The van der Waals surface area contributed by atoms with Crippen LogP contribution in [0.25, 0.3) is 0 Å². The topological polar surface area (TPSA) is 87.7 Å². The van der Waals surface area contributed by atoms with Crippen LogP contribution in [0.5, 0.6) is 0 Å². The molecule has 0 saturated carbocycles. The van der Waals surface area contributed by atoms with Crippen LogP contribution in [0.15, 0.2) is 0 Å². The highest BCUT2D eigenvalue weighted by Crippen LogP contribution is 1.99. The van der Waals surface area contributed by atoms with Crippen molar-refractivity contribution in [3.8, 4) is 0 Å². The van der Waals surface area contributed by atoms with Crippen LogP contribution in [0, 0.1) is 0 Å². The van der Waals surface area contributed by atoms with Gasteiger partial charge in [-0.15, -0.1) is 11.6 Å². The number of carbonyl (C=O) groups excluding carboxylic acids is 3. The van der Waals surface area contributed by atoms with Crippen LogP contribution in [-0.2, 0) is 14.3 Å². The summed E-state index contributed by atoms with van der Waals surface area (Å²) in [5, 5.41) is 4.43. The highest BCUT2D eigenvalue weighted by Gasteiger charge is 2.16. The smallest absolute Gasteiger partial charge is 0.321 e. The number of urea groups is 1. The molecule has 0 aromatic carbocycles. The molecule has 1 heterocycles. The molecule has 0 unspecified atom stereocenters. The van der Waals surface area contributed by atoms with E-state index < -0.39 is 11.9 Å². The van der Waals surface area contributed by atoms with E-state index in [0.29, 0.717) is 26.3 Å². The lowest BCUT2D eigenvalue weighted by Crippen LogP contribution is -2.44. The maximum atomic E-state index is 11.7. The lowest BCUT2D eigenvalue weighted by molar-refractivity contribution is -0.135. The average Bonchev–Trinajstić information content (AvgIpc) is 2.39. The van der Waals surface area contributed by atoms with Gasteiger partial charge in [-0.3, -0.25) is 14.9 Å². The lowest BCUT2D eigenvalue weighted by Gasteiger charge is -2.26. The van der Waals surface area contributed by atoms with E-state index >= 15 is 0 Å². The third-order valence-electron chi connectivity index (χ3n) is 2.36. The molecule has 0 aromatic heterocycles. The van der Waals surface area contributed by atoms with Gasteiger partial charge in [-0.2, -0.15) is 0 Å². The maximum Gasteiger partial charge on any atom is 0.321 e. The Morgan fingerprint density at radius 2 is 1.89 bits per heavy atom. The first-order valence-electron chi connectivity index (χ1n) is 5.62. The average molecular weight is 278 g/mol. The van der Waals surface area contributed by atoms with Crippen LogP contribution < -0.4 is 10.6 Å². The molecule has 0 spiro atoms. The number of alkyl halides is 1. The predicted octanol–water partition coefficient (Wildman–Crippen LogP) is -0.700. The van der Waals surface area contributed by atoms with Crippen molar-refractivity contribution in [2.24, 2.45) is 0 Å². The van der Waals surface area contributed by atoms with Crippen LogP contribution in [0.4, 0.5) is 4.79 Å². The zero-order valence-electron chi connectivity index (χ0n) is 9.91. The molecule has 1 aliphatic heterocycles. The van der Waals surface area contributed by atoms with Gasteiger partial charge in [0.1, 0.15) is 5.88 Å². The van der Waals surface area contributed by atoms with Crippen LogP contribution in [0.3, 0.4) is 0 Å².